The van der Waals surface area contributed by atoms with Crippen LogP contribution in [0, 0.1) is 5.41 Å². The highest BCUT2D eigenvalue weighted by Crippen LogP contribution is 2.19. The molecule has 0 aromatic carbocycles. The molecular formula is C8H18O2. The summed E-state index contributed by atoms with van der Waals surface area (Å²) in [5.74, 6) is 0. The average Bonchev–Trinajstić information content (AvgIpc) is 1.89. The molecule has 0 aliphatic rings. The first-order valence-electron chi connectivity index (χ1n) is 3.81. The molecule has 0 bridgehead atoms. The van der Waals surface area contributed by atoms with E-state index in [4.69, 9.17) is 9.84 Å². The Hall–Kier alpha value is -0.0800. The van der Waals surface area contributed by atoms with Crippen LogP contribution in [-0.4, -0.2) is 24.9 Å². The van der Waals surface area contributed by atoms with Crippen molar-refractivity contribution >= 4 is 0 Å². The predicted molar refractivity (Wildman–Crippen MR) is 42.0 cm³/mol. The largest absolute Gasteiger partial charge is 0.394 e. The van der Waals surface area contributed by atoms with Crippen molar-refractivity contribution in [1.29, 1.82) is 0 Å². The summed E-state index contributed by atoms with van der Waals surface area (Å²) in [5, 5.41) is 8.41. The third-order valence-electron chi connectivity index (χ3n) is 1.69. The van der Waals surface area contributed by atoms with Gasteiger partial charge < -0.3 is 9.84 Å². The molecule has 0 unspecified atom stereocenters. The highest BCUT2D eigenvalue weighted by Gasteiger charge is 2.14. The van der Waals surface area contributed by atoms with E-state index in [0.717, 1.165) is 13.0 Å². The summed E-state index contributed by atoms with van der Waals surface area (Å²) in [5.41, 5.74) is 0.259. The molecule has 0 heterocycles. The molecule has 0 aromatic heterocycles. The van der Waals surface area contributed by atoms with Gasteiger partial charge >= 0.3 is 0 Å². The SMILES string of the molecule is CCC(C)(C)COCCO. The fourth-order valence-electron chi connectivity index (χ4n) is 0.515. The highest BCUT2D eigenvalue weighted by atomic mass is 16.5. The lowest BCUT2D eigenvalue weighted by atomic mass is 9.92. The van der Waals surface area contributed by atoms with Crippen molar-refractivity contribution in [3.63, 3.8) is 0 Å². The van der Waals surface area contributed by atoms with E-state index in [2.05, 4.69) is 20.8 Å². The Balaban J connectivity index is 3.28. The molecule has 0 amide bonds. The predicted octanol–water partition coefficient (Wildman–Crippen LogP) is 1.43. The summed E-state index contributed by atoms with van der Waals surface area (Å²) in [4.78, 5) is 0. The second-order valence-electron chi connectivity index (χ2n) is 3.29. The van der Waals surface area contributed by atoms with Gasteiger partial charge in [0.15, 0.2) is 0 Å². The summed E-state index contributed by atoms with van der Waals surface area (Å²) in [6.07, 6.45) is 1.11. The molecule has 0 spiro atoms. The van der Waals surface area contributed by atoms with E-state index in [1.165, 1.54) is 0 Å². The summed E-state index contributed by atoms with van der Waals surface area (Å²) in [6, 6.07) is 0. The molecule has 0 saturated heterocycles. The molecule has 10 heavy (non-hydrogen) atoms. The second-order valence-corrected chi connectivity index (χ2v) is 3.29. The van der Waals surface area contributed by atoms with Crippen molar-refractivity contribution in [2.75, 3.05) is 19.8 Å². The lowest BCUT2D eigenvalue weighted by Gasteiger charge is -2.21. The third kappa shape index (κ3) is 4.77. The normalized spacial score (nSPS) is 12.0. The number of aliphatic hydroxyl groups is 1. The second kappa shape index (κ2) is 4.69. The molecule has 0 aliphatic carbocycles. The van der Waals surface area contributed by atoms with E-state index >= 15 is 0 Å². The van der Waals surface area contributed by atoms with Crippen LogP contribution in [0.1, 0.15) is 27.2 Å². The van der Waals surface area contributed by atoms with Gasteiger partial charge in [-0.05, 0) is 11.8 Å². The van der Waals surface area contributed by atoms with Crippen LogP contribution in [0.3, 0.4) is 0 Å². The monoisotopic (exact) mass is 146 g/mol. The van der Waals surface area contributed by atoms with E-state index in [9.17, 15) is 0 Å². The Morgan fingerprint density at radius 2 is 2.00 bits per heavy atom. The third-order valence-corrected chi connectivity index (χ3v) is 1.69. The quantitative estimate of drug-likeness (QED) is 0.594. The topological polar surface area (TPSA) is 29.5 Å². The highest BCUT2D eigenvalue weighted by molar-refractivity contribution is 4.64. The molecule has 0 aliphatic heterocycles. The maximum Gasteiger partial charge on any atom is 0.0697 e. The van der Waals surface area contributed by atoms with Crippen LogP contribution < -0.4 is 0 Å². The van der Waals surface area contributed by atoms with E-state index in [1.54, 1.807) is 0 Å². The zero-order chi connectivity index (χ0) is 8.04. The van der Waals surface area contributed by atoms with Crippen molar-refractivity contribution < 1.29 is 9.84 Å². The molecule has 0 rings (SSSR count). The minimum Gasteiger partial charge on any atom is -0.394 e. The number of hydrogen-bond donors (Lipinski definition) is 1. The zero-order valence-electron chi connectivity index (χ0n) is 7.18. The van der Waals surface area contributed by atoms with Gasteiger partial charge in [-0.15, -0.1) is 0 Å². The van der Waals surface area contributed by atoms with Gasteiger partial charge in [-0.3, -0.25) is 0 Å². The molecule has 2 heteroatoms. The molecule has 62 valence electrons. The van der Waals surface area contributed by atoms with Crippen LogP contribution in [0.4, 0.5) is 0 Å². The maximum atomic E-state index is 8.41. The molecule has 0 atom stereocenters. The van der Waals surface area contributed by atoms with Crippen LogP contribution in [-0.2, 0) is 4.74 Å². The Morgan fingerprint density at radius 3 is 2.40 bits per heavy atom. The average molecular weight is 146 g/mol. The van der Waals surface area contributed by atoms with Crippen molar-refractivity contribution in [2.45, 2.75) is 27.2 Å². The van der Waals surface area contributed by atoms with Crippen LogP contribution in [0.15, 0.2) is 0 Å². The van der Waals surface area contributed by atoms with Crippen LogP contribution in [0.2, 0.25) is 0 Å². The summed E-state index contributed by atoms with van der Waals surface area (Å²) in [7, 11) is 0. The van der Waals surface area contributed by atoms with E-state index in [-0.39, 0.29) is 12.0 Å². The van der Waals surface area contributed by atoms with Crippen LogP contribution in [0.5, 0.6) is 0 Å². The summed E-state index contributed by atoms with van der Waals surface area (Å²) < 4.78 is 5.19. The first kappa shape index (κ1) is 9.92. The molecular weight excluding hydrogens is 128 g/mol. The minimum atomic E-state index is 0.125. The number of rotatable bonds is 5. The fraction of sp³-hybridized carbons (Fsp3) is 1.00. The Morgan fingerprint density at radius 1 is 1.40 bits per heavy atom. The molecule has 0 aromatic rings. The number of ether oxygens (including phenoxy) is 1. The Bertz CT molecular complexity index is 79.3. The Kier molecular flexibility index (Phi) is 4.65. The number of hydrogen-bond acceptors (Lipinski definition) is 2. The summed E-state index contributed by atoms with van der Waals surface area (Å²) in [6.45, 7) is 7.78. The number of aliphatic hydroxyl groups excluding tert-OH is 1. The first-order valence-corrected chi connectivity index (χ1v) is 3.81. The van der Waals surface area contributed by atoms with Gasteiger partial charge in [0, 0.05) is 0 Å². The van der Waals surface area contributed by atoms with Crippen molar-refractivity contribution in [3.05, 3.63) is 0 Å². The van der Waals surface area contributed by atoms with Gasteiger partial charge in [-0.1, -0.05) is 20.8 Å². The van der Waals surface area contributed by atoms with Gasteiger partial charge in [-0.2, -0.15) is 0 Å². The molecule has 0 fully saturated rings. The summed E-state index contributed by atoms with van der Waals surface area (Å²) >= 11 is 0. The van der Waals surface area contributed by atoms with Gasteiger partial charge in [-0.25, -0.2) is 0 Å². The van der Waals surface area contributed by atoms with E-state index < -0.39 is 0 Å². The van der Waals surface area contributed by atoms with Crippen LogP contribution in [0.25, 0.3) is 0 Å². The van der Waals surface area contributed by atoms with Gasteiger partial charge in [0.2, 0.25) is 0 Å². The van der Waals surface area contributed by atoms with Crippen molar-refractivity contribution in [2.24, 2.45) is 5.41 Å². The minimum absolute atomic E-state index is 0.125. The van der Waals surface area contributed by atoms with Gasteiger partial charge in [0.05, 0.1) is 19.8 Å². The first-order chi connectivity index (χ1) is 4.62. The molecule has 0 radical (unpaired) electrons. The van der Waals surface area contributed by atoms with E-state index in [0.29, 0.717) is 6.61 Å². The Labute approximate surface area is 63.2 Å². The van der Waals surface area contributed by atoms with Crippen LogP contribution >= 0.6 is 0 Å². The fourth-order valence-corrected chi connectivity index (χ4v) is 0.515. The molecule has 2 nitrogen and oxygen atoms in total. The zero-order valence-corrected chi connectivity index (χ0v) is 7.18. The smallest absolute Gasteiger partial charge is 0.0697 e. The standard InChI is InChI=1S/C8H18O2/c1-4-8(2,3)7-10-6-5-9/h9H,4-7H2,1-3H3. The maximum absolute atomic E-state index is 8.41. The lowest BCUT2D eigenvalue weighted by molar-refractivity contribution is 0.0380. The van der Waals surface area contributed by atoms with Gasteiger partial charge in [0.1, 0.15) is 0 Å². The van der Waals surface area contributed by atoms with E-state index in [1.807, 2.05) is 0 Å². The molecule has 0 saturated carbocycles. The van der Waals surface area contributed by atoms with Crippen molar-refractivity contribution in [1.82, 2.24) is 0 Å². The van der Waals surface area contributed by atoms with Crippen molar-refractivity contribution in [3.8, 4) is 0 Å². The molecule has 1 N–H and O–H groups in total. The lowest BCUT2D eigenvalue weighted by Crippen LogP contribution is -2.19. The van der Waals surface area contributed by atoms with Gasteiger partial charge in [0.25, 0.3) is 0 Å².